The molecule has 0 fully saturated rings. The van der Waals surface area contributed by atoms with Gasteiger partial charge in [-0.15, -0.1) is 0 Å². The van der Waals surface area contributed by atoms with Gasteiger partial charge in [-0.25, -0.2) is 0 Å². The summed E-state index contributed by atoms with van der Waals surface area (Å²) in [4.78, 5) is 0. The van der Waals surface area contributed by atoms with E-state index in [1.807, 2.05) is 12.1 Å². The maximum absolute atomic E-state index is 9.95. The summed E-state index contributed by atoms with van der Waals surface area (Å²) < 4.78 is 5.83. The van der Waals surface area contributed by atoms with E-state index in [1.54, 1.807) is 12.1 Å². The van der Waals surface area contributed by atoms with E-state index in [0.29, 0.717) is 6.61 Å². The lowest BCUT2D eigenvalue weighted by Crippen LogP contribution is -2.28. The van der Waals surface area contributed by atoms with Crippen molar-refractivity contribution in [2.45, 2.75) is 18.8 Å². The van der Waals surface area contributed by atoms with Crippen molar-refractivity contribution in [2.24, 2.45) is 0 Å². The molecule has 5 rings (SSSR count). The lowest BCUT2D eigenvalue weighted by atomic mass is 9.68. The fourth-order valence-corrected chi connectivity index (χ4v) is 4.76. The summed E-state index contributed by atoms with van der Waals surface area (Å²) in [5.41, 5.74) is 6.93. The number of phenolic OH excluding ortho intramolecular Hbond substituents is 1. The summed E-state index contributed by atoms with van der Waals surface area (Å²) in [5.74, 6) is 1.16. The Balaban J connectivity index is 1.80. The molecule has 0 saturated carbocycles. The predicted octanol–water partition coefficient (Wildman–Crippen LogP) is 6.54. The van der Waals surface area contributed by atoms with Crippen molar-refractivity contribution < 1.29 is 9.84 Å². The molecule has 4 aromatic carbocycles. The molecular formula is C28H24O2. The summed E-state index contributed by atoms with van der Waals surface area (Å²) in [7, 11) is 0. The Morgan fingerprint density at radius 1 is 0.667 bits per heavy atom. The first-order valence-corrected chi connectivity index (χ1v) is 10.5. The van der Waals surface area contributed by atoms with E-state index in [-0.39, 0.29) is 5.75 Å². The van der Waals surface area contributed by atoms with Gasteiger partial charge in [0.05, 0.1) is 12.0 Å². The highest BCUT2D eigenvalue weighted by atomic mass is 16.5. The van der Waals surface area contributed by atoms with Gasteiger partial charge in [-0.05, 0) is 64.1 Å². The lowest BCUT2D eigenvalue weighted by molar-refractivity contribution is 0.317. The molecule has 0 amide bonds. The highest BCUT2D eigenvalue weighted by Crippen LogP contribution is 2.56. The Bertz CT molecular complexity index is 1130. The molecule has 30 heavy (non-hydrogen) atoms. The molecule has 0 atom stereocenters. The van der Waals surface area contributed by atoms with E-state index < -0.39 is 5.41 Å². The quantitative estimate of drug-likeness (QED) is 0.368. The van der Waals surface area contributed by atoms with Crippen LogP contribution in [0, 0.1) is 0 Å². The SMILES string of the molecule is CCCOc1ccc(C2(c3ccc(O)cc3)c3ccccc3-c3ccccc32)cc1. The van der Waals surface area contributed by atoms with E-state index in [9.17, 15) is 5.11 Å². The van der Waals surface area contributed by atoms with E-state index in [2.05, 4.69) is 79.7 Å². The molecule has 0 saturated heterocycles. The number of rotatable bonds is 5. The van der Waals surface area contributed by atoms with Crippen LogP contribution in [-0.2, 0) is 5.41 Å². The van der Waals surface area contributed by atoms with Crippen molar-refractivity contribution in [3.63, 3.8) is 0 Å². The van der Waals surface area contributed by atoms with Crippen molar-refractivity contribution in [1.29, 1.82) is 0 Å². The minimum absolute atomic E-state index is 0.275. The van der Waals surface area contributed by atoms with Gasteiger partial charge in [0.1, 0.15) is 11.5 Å². The molecule has 1 N–H and O–H groups in total. The zero-order valence-electron chi connectivity index (χ0n) is 17.0. The summed E-state index contributed by atoms with van der Waals surface area (Å²) in [5, 5.41) is 9.95. The second-order valence-corrected chi connectivity index (χ2v) is 7.76. The Morgan fingerprint density at radius 2 is 1.17 bits per heavy atom. The average Bonchev–Trinajstić information content (AvgIpc) is 3.10. The maximum Gasteiger partial charge on any atom is 0.119 e. The third-order valence-corrected chi connectivity index (χ3v) is 6.01. The van der Waals surface area contributed by atoms with Gasteiger partial charge >= 0.3 is 0 Å². The van der Waals surface area contributed by atoms with Crippen molar-refractivity contribution in [3.05, 3.63) is 119 Å². The Kier molecular flexibility index (Phi) is 4.55. The third-order valence-electron chi connectivity index (χ3n) is 6.01. The fraction of sp³-hybridized carbons (Fsp3) is 0.143. The van der Waals surface area contributed by atoms with E-state index in [4.69, 9.17) is 4.74 Å². The van der Waals surface area contributed by atoms with Crippen LogP contribution in [0.3, 0.4) is 0 Å². The van der Waals surface area contributed by atoms with Crippen LogP contribution in [0.2, 0.25) is 0 Å². The molecular weight excluding hydrogens is 368 g/mol. The molecule has 4 aromatic rings. The third kappa shape index (κ3) is 2.72. The number of ether oxygens (including phenoxy) is 1. The summed E-state index contributed by atoms with van der Waals surface area (Å²) >= 11 is 0. The van der Waals surface area contributed by atoms with Gasteiger partial charge in [0, 0.05) is 0 Å². The molecule has 0 bridgehead atoms. The first-order chi connectivity index (χ1) is 14.7. The first kappa shape index (κ1) is 18.5. The molecule has 2 heteroatoms. The zero-order valence-corrected chi connectivity index (χ0v) is 17.0. The second kappa shape index (κ2) is 7.38. The van der Waals surface area contributed by atoms with Gasteiger partial charge in [-0.3, -0.25) is 0 Å². The average molecular weight is 392 g/mol. The van der Waals surface area contributed by atoms with Gasteiger partial charge in [0.15, 0.2) is 0 Å². The molecule has 2 nitrogen and oxygen atoms in total. The van der Waals surface area contributed by atoms with Gasteiger partial charge in [0.2, 0.25) is 0 Å². The van der Waals surface area contributed by atoms with Crippen LogP contribution >= 0.6 is 0 Å². The van der Waals surface area contributed by atoms with Crippen LogP contribution < -0.4 is 4.74 Å². The van der Waals surface area contributed by atoms with Crippen molar-refractivity contribution in [3.8, 4) is 22.6 Å². The molecule has 0 heterocycles. The molecule has 0 aromatic heterocycles. The molecule has 0 unspecified atom stereocenters. The number of benzene rings is 4. The Hall–Kier alpha value is -3.52. The van der Waals surface area contributed by atoms with E-state index in [0.717, 1.165) is 17.7 Å². The molecule has 1 aliphatic rings. The van der Waals surface area contributed by atoms with E-state index in [1.165, 1.54) is 27.8 Å². The van der Waals surface area contributed by atoms with Gasteiger partial charge in [0.25, 0.3) is 0 Å². The minimum Gasteiger partial charge on any atom is -0.508 e. The Morgan fingerprint density at radius 3 is 1.70 bits per heavy atom. The van der Waals surface area contributed by atoms with Crippen LogP contribution in [0.4, 0.5) is 0 Å². The number of aromatic hydroxyl groups is 1. The highest BCUT2D eigenvalue weighted by molar-refractivity contribution is 5.86. The predicted molar refractivity (Wildman–Crippen MR) is 121 cm³/mol. The second-order valence-electron chi connectivity index (χ2n) is 7.76. The smallest absolute Gasteiger partial charge is 0.119 e. The van der Waals surface area contributed by atoms with E-state index >= 15 is 0 Å². The largest absolute Gasteiger partial charge is 0.508 e. The Labute approximate surface area is 177 Å². The van der Waals surface area contributed by atoms with Crippen LogP contribution in [0.25, 0.3) is 11.1 Å². The van der Waals surface area contributed by atoms with Gasteiger partial charge in [-0.2, -0.15) is 0 Å². The zero-order chi connectivity index (χ0) is 20.6. The van der Waals surface area contributed by atoms with Crippen LogP contribution in [0.1, 0.15) is 35.6 Å². The van der Waals surface area contributed by atoms with Crippen LogP contribution in [0.5, 0.6) is 11.5 Å². The first-order valence-electron chi connectivity index (χ1n) is 10.5. The van der Waals surface area contributed by atoms with Crippen LogP contribution in [0.15, 0.2) is 97.1 Å². The highest BCUT2D eigenvalue weighted by Gasteiger charge is 2.45. The van der Waals surface area contributed by atoms with Crippen molar-refractivity contribution in [2.75, 3.05) is 6.61 Å². The number of phenols is 1. The molecule has 0 aliphatic heterocycles. The number of hydrogen-bond donors (Lipinski definition) is 1. The topological polar surface area (TPSA) is 29.5 Å². The van der Waals surface area contributed by atoms with Gasteiger partial charge in [-0.1, -0.05) is 79.7 Å². The normalized spacial score (nSPS) is 13.5. The number of hydrogen-bond acceptors (Lipinski definition) is 2. The molecule has 0 radical (unpaired) electrons. The lowest BCUT2D eigenvalue weighted by Gasteiger charge is -2.34. The summed E-state index contributed by atoms with van der Waals surface area (Å²) in [6.45, 7) is 2.83. The molecule has 148 valence electrons. The van der Waals surface area contributed by atoms with Crippen LogP contribution in [-0.4, -0.2) is 11.7 Å². The molecule has 1 aliphatic carbocycles. The summed E-state index contributed by atoms with van der Waals surface area (Å²) in [6.07, 6.45) is 0.986. The fourth-order valence-electron chi connectivity index (χ4n) is 4.76. The monoisotopic (exact) mass is 392 g/mol. The minimum atomic E-state index is -0.440. The van der Waals surface area contributed by atoms with Crippen molar-refractivity contribution >= 4 is 0 Å². The standard InChI is InChI=1S/C28H24O2/c1-2-19-30-23-17-13-21(14-18-23)28(20-11-15-22(29)16-12-20)26-9-5-3-7-24(26)25-8-4-6-10-27(25)28/h3-18,29H,2,19H2,1H3. The number of fused-ring (bicyclic) bond motifs is 3. The maximum atomic E-state index is 9.95. The van der Waals surface area contributed by atoms with Crippen molar-refractivity contribution in [1.82, 2.24) is 0 Å². The molecule has 0 spiro atoms. The summed E-state index contributed by atoms with van der Waals surface area (Å²) in [6, 6.07) is 33.4. The van der Waals surface area contributed by atoms with Gasteiger partial charge < -0.3 is 9.84 Å².